The third kappa shape index (κ3) is 5.80. The largest absolute Gasteiger partial charge is 0.464 e. The zero-order valence-electron chi connectivity index (χ0n) is 10.4. The van der Waals surface area contributed by atoms with E-state index in [-0.39, 0.29) is 25.4 Å². The van der Waals surface area contributed by atoms with Gasteiger partial charge in [-0.1, -0.05) is 30.3 Å². The van der Waals surface area contributed by atoms with E-state index in [0.29, 0.717) is 6.54 Å². The summed E-state index contributed by atoms with van der Waals surface area (Å²) in [5, 5.41) is 8.31. The predicted molar refractivity (Wildman–Crippen MR) is 69.1 cm³/mol. The van der Waals surface area contributed by atoms with Gasteiger partial charge in [0.05, 0.1) is 25.5 Å². The van der Waals surface area contributed by atoms with Crippen molar-refractivity contribution in [2.24, 2.45) is 4.99 Å². The van der Waals surface area contributed by atoms with Crippen molar-refractivity contribution in [3.05, 3.63) is 35.9 Å². The van der Waals surface area contributed by atoms with Gasteiger partial charge in [0, 0.05) is 5.71 Å². The van der Waals surface area contributed by atoms with Crippen LogP contribution in [0.15, 0.2) is 35.3 Å². The number of esters is 1. The lowest BCUT2D eigenvalue weighted by Crippen LogP contribution is -2.10. The Balaban J connectivity index is 2.34. The summed E-state index contributed by atoms with van der Waals surface area (Å²) in [6, 6.07) is 11.8. The smallest absolute Gasteiger partial charge is 0.311 e. The fraction of sp³-hybridized carbons (Fsp3) is 0.357. The van der Waals surface area contributed by atoms with E-state index in [4.69, 9.17) is 10.00 Å². The number of nitrogens with zero attached hydrogens (tertiary/aromatic N) is 2. The third-order valence-electron chi connectivity index (χ3n) is 2.25. The van der Waals surface area contributed by atoms with Gasteiger partial charge in [0.2, 0.25) is 0 Å². The maximum Gasteiger partial charge on any atom is 0.311 e. The van der Waals surface area contributed by atoms with Crippen LogP contribution < -0.4 is 0 Å². The molecule has 1 aromatic carbocycles. The molecule has 1 rings (SSSR count). The van der Waals surface area contributed by atoms with Crippen molar-refractivity contribution >= 4 is 11.7 Å². The molecule has 0 aromatic heterocycles. The van der Waals surface area contributed by atoms with E-state index in [2.05, 4.69) is 4.99 Å². The molecule has 4 heteroatoms. The van der Waals surface area contributed by atoms with Crippen LogP contribution in [0.5, 0.6) is 0 Å². The highest BCUT2D eigenvalue weighted by molar-refractivity contribution is 5.97. The van der Waals surface area contributed by atoms with Gasteiger partial charge in [-0.05, 0) is 12.5 Å². The molecule has 1 aromatic rings. The van der Waals surface area contributed by atoms with Crippen molar-refractivity contribution in [1.29, 1.82) is 5.26 Å². The Kier molecular flexibility index (Phi) is 6.20. The minimum absolute atomic E-state index is 0.154. The number of carbonyl (C=O) groups is 1. The molecule has 0 unspecified atom stereocenters. The van der Waals surface area contributed by atoms with E-state index in [0.717, 1.165) is 11.3 Å². The summed E-state index contributed by atoms with van der Waals surface area (Å²) >= 11 is 0. The molecular formula is C14H16N2O2. The number of aliphatic imine (C=N–C) groups is 1. The molecule has 0 aliphatic heterocycles. The highest BCUT2D eigenvalue weighted by atomic mass is 16.5. The molecule has 18 heavy (non-hydrogen) atoms. The van der Waals surface area contributed by atoms with Gasteiger partial charge >= 0.3 is 5.97 Å². The zero-order valence-corrected chi connectivity index (χ0v) is 10.4. The third-order valence-corrected chi connectivity index (χ3v) is 2.25. The second kappa shape index (κ2) is 8.02. The van der Waals surface area contributed by atoms with Gasteiger partial charge in [0.1, 0.15) is 6.61 Å². The highest BCUT2D eigenvalue weighted by Crippen LogP contribution is 2.01. The first-order chi connectivity index (χ1) is 8.72. The average Bonchev–Trinajstić information content (AvgIpc) is 2.38. The molecule has 0 bridgehead atoms. The molecule has 94 valence electrons. The van der Waals surface area contributed by atoms with Crippen LogP contribution in [-0.2, 0) is 16.1 Å². The second-order valence-electron chi connectivity index (χ2n) is 3.84. The molecule has 0 spiro atoms. The normalized spacial score (nSPS) is 10.8. The summed E-state index contributed by atoms with van der Waals surface area (Å²) in [6.45, 7) is 2.52. The lowest BCUT2D eigenvalue weighted by molar-refractivity contribution is -0.141. The van der Waals surface area contributed by atoms with Crippen LogP contribution in [0.1, 0.15) is 25.3 Å². The van der Waals surface area contributed by atoms with Crippen molar-refractivity contribution in [2.45, 2.75) is 26.3 Å². The van der Waals surface area contributed by atoms with Gasteiger partial charge in [-0.2, -0.15) is 5.26 Å². The van der Waals surface area contributed by atoms with Crippen molar-refractivity contribution in [1.82, 2.24) is 0 Å². The second-order valence-corrected chi connectivity index (χ2v) is 3.84. The molecule has 0 aliphatic carbocycles. The van der Waals surface area contributed by atoms with E-state index in [1.165, 1.54) is 0 Å². The topological polar surface area (TPSA) is 62.5 Å². The standard InChI is InChI=1S/C14H16N2O2/c1-12(10-14(17)18-9-5-8-15)16-11-13-6-3-2-4-7-13/h2-4,6-7H,5,9-11H2,1H3. The van der Waals surface area contributed by atoms with Crippen LogP contribution in [0.25, 0.3) is 0 Å². The number of ether oxygens (including phenoxy) is 1. The van der Waals surface area contributed by atoms with E-state index >= 15 is 0 Å². The molecule has 4 nitrogen and oxygen atoms in total. The Hall–Kier alpha value is -2.15. The Morgan fingerprint density at radius 3 is 2.78 bits per heavy atom. The van der Waals surface area contributed by atoms with Crippen molar-refractivity contribution in [3.8, 4) is 6.07 Å². The summed E-state index contributed by atoms with van der Waals surface area (Å²) in [5.74, 6) is -0.334. The molecule has 0 saturated carbocycles. The van der Waals surface area contributed by atoms with Crippen LogP contribution in [0, 0.1) is 11.3 Å². The van der Waals surface area contributed by atoms with Gasteiger partial charge in [-0.3, -0.25) is 9.79 Å². The van der Waals surface area contributed by atoms with Crippen LogP contribution in [-0.4, -0.2) is 18.3 Å². The van der Waals surface area contributed by atoms with Gasteiger partial charge in [-0.15, -0.1) is 0 Å². The first-order valence-electron chi connectivity index (χ1n) is 5.79. The summed E-state index contributed by atoms with van der Waals surface area (Å²) in [7, 11) is 0. The summed E-state index contributed by atoms with van der Waals surface area (Å²) in [5.41, 5.74) is 1.84. The lowest BCUT2D eigenvalue weighted by atomic mass is 10.2. The first-order valence-corrected chi connectivity index (χ1v) is 5.79. The molecule has 0 saturated heterocycles. The van der Waals surface area contributed by atoms with Gasteiger partial charge in [-0.25, -0.2) is 0 Å². The number of benzene rings is 1. The number of carbonyl (C=O) groups excluding carboxylic acids is 1. The fourth-order valence-electron chi connectivity index (χ4n) is 1.34. The number of nitriles is 1. The molecular weight excluding hydrogens is 228 g/mol. The minimum Gasteiger partial charge on any atom is -0.464 e. The monoisotopic (exact) mass is 244 g/mol. The van der Waals surface area contributed by atoms with Crippen molar-refractivity contribution < 1.29 is 9.53 Å². The lowest BCUT2D eigenvalue weighted by Gasteiger charge is -2.02. The van der Waals surface area contributed by atoms with Crippen LogP contribution in [0.3, 0.4) is 0 Å². The Morgan fingerprint density at radius 1 is 1.39 bits per heavy atom. The van der Waals surface area contributed by atoms with E-state index in [1.807, 2.05) is 36.4 Å². The van der Waals surface area contributed by atoms with Gasteiger partial charge < -0.3 is 4.74 Å². The Morgan fingerprint density at radius 2 is 2.11 bits per heavy atom. The molecule has 0 heterocycles. The van der Waals surface area contributed by atoms with E-state index < -0.39 is 0 Å². The predicted octanol–water partition coefficient (Wildman–Crippen LogP) is 2.49. The SMILES string of the molecule is CC(CC(=O)OCCC#N)=NCc1ccccc1. The summed E-state index contributed by atoms with van der Waals surface area (Å²) in [4.78, 5) is 15.6. The Labute approximate surface area is 107 Å². The first kappa shape index (κ1) is 13.9. The molecule has 0 amide bonds. The molecule has 0 fully saturated rings. The molecule has 0 aliphatic rings. The number of hydrogen-bond acceptors (Lipinski definition) is 4. The summed E-state index contributed by atoms with van der Waals surface area (Å²) in [6.07, 6.45) is 0.407. The quantitative estimate of drug-likeness (QED) is 0.439. The van der Waals surface area contributed by atoms with E-state index in [9.17, 15) is 4.79 Å². The molecule has 0 atom stereocenters. The van der Waals surface area contributed by atoms with E-state index in [1.54, 1.807) is 6.92 Å². The van der Waals surface area contributed by atoms with Crippen molar-refractivity contribution in [2.75, 3.05) is 6.61 Å². The van der Waals surface area contributed by atoms with Crippen LogP contribution in [0.4, 0.5) is 0 Å². The van der Waals surface area contributed by atoms with Gasteiger partial charge in [0.15, 0.2) is 0 Å². The average molecular weight is 244 g/mol. The van der Waals surface area contributed by atoms with Crippen LogP contribution in [0.2, 0.25) is 0 Å². The zero-order chi connectivity index (χ0) is 13.2. The summed E-state index contributed by atoms with van der Waals surface area (Å²) < 4.78 is 4.86. The number of rotatable bonds is 6. The maximum atomic E-state index is 11.3. The molecule has 0 N–H and O–H groups in total. The maximum absolute atomic E-state index is 11.3. The van der Waals surface area contributed by atoms with Gasteiger partial charge in [0.25, 0.3) is 0 Å². The Bertz CT molecular complexity index is 447. The fourth-order valence-corrected chi connectivity index (χ4v) is 1.34. The van der Waals surface area contributed by atoms with Crippen molar-refractivity contribution in [3.63, 3.8) is 0 Å². The van der Waals surface area contributed by atoms with Crippen LogP contribution >= 0.6 is 0 Å². The molecule has 0 radical (unpaired) electrons. The minimum atomic E-state index is -0.334. The highest BCUT2D eigenvalue weighted by Gasteiger charge is 2.04. The number of hydrogen-bond donors (Lipinski definition) is 0.